The van der Waals surface area contributed by atoms with E-state index >= 15 is 0 Å². The van der Waals surface area contributed by atoms with Crippen molar-refractivity contribution >= 4 is 6.03 Å². The normalized spacial score (nSPS) is 16.0. The third-order valence-corrected chi connectivity index (χ3v) is 6.61. The average Bonchev–Trinajstić information content (AvgIpc) is 3.35. The second kappa shape index (κ2) is 11.2. The van der Waals surface area contributed by atoms with Gasteiger partial charge in [-0.3, -0.25) is 0 Å². The Labute approximate surface area is 220 Å². The molecule has 0 aliphatic heterocycles. The molecule has 2 amide bonds. The summed E-state index contributed by atoms with van der Waals surface area (Å²) in [7, 11) is 0. The Balaban J connectivity index is 1.92. The van der Waals surface area contributed by atoms with Crippen LogP contribution in [0.5, 0.6) is 5.75 Å². The number of rotatable bonds is 7. The SMILES string of the molecule is O=C(NC1CCCC1)N[C@](Cc1ccccc1)(c1cccc(OC(F)(F)F)c1)c1cc(F)cc(C(F)(F)F)c1. The summed E-state index contributed by atoms with van der Waals surface area (Å²) < 4.78 is 99.1. The Hall–Kier alpha value is -3.76. The van der Waals surface area contributed by atoms with Crippen LogP contribution in [-0.2, 0) is 18.1 Å². The molecular formula is C28H25F7N2O2. The highest BCUT2D eigenvalue weighted by molar-refractivity contribution is 5.76. The van der Waals surface area contributed by atoms with Gasteiger partial charge in [-0.1, -0.05) is 55.3 Å². The molecule has 11 heteroatoms. The smallest absolute Gasteiger partial charge is 0.406 e. The summed E-state index contributed by atoms with van der Waals surface area (Å²) in [6, 6.07) is 13.8. The number of hydrogen-bond acceptors (Lipinski definition) is 2. The van der Waals surface area contributed by atoms with E-state index in [1.807, 2.05) is 0 Å². The van der Waals surface area contributed by atoms with Gasteiger partial charge in [-0.15, -0.1) is 13.2 Å². The lowest BCUT2D eigenvalue weighted by atomic mass is 9.77. The predicted octanol–water partition coefficient (Wildman–Crippen LogP) is 7.47. The van der Waals surface area contributed by atoms with Crippen LogP contribution >= 0.6 is 0 Å². The van der Waals surface area contributed by atoms with E-state index < -0.39 is 41.2 Å². The molecule has 0 heterocycles. The van der Waals surface area contributed by atoms with Gasteiger partial charge in [-0.2, -0.15) is 13.2 Å². The molecule has 3 aromatic rings. The fraction of sp³-hybridized carbons (Fsp3) is 0.321. The van der Waals surface area contributed by atoms with Crippen LogP contribution in [0.1, 0.15) is 47.9 Å². The monoisotopic (exact) mass is 554 g/mol. The highest BCUT2D eigenvalue weighted by Crippen LogP contribution is 2.39. The van der Waals surface area contributed by atoms with Gasteiger partial charge in [0.05, 0.1) is 11.1 Å². The van der Waals surface area contributed by atoms with Crippen molar-refractivity contribution in [3.8, 4) is 5.75 Å². The van der Waals surface area contributed by atoms with E-state index in [1.165, 1.54) is 12.1 Å². The molecule has 0 saturated heterocycles. The Bertz CT molecular complexity index is 1290. The highest BCUT2D eigenvalue weighted by atomic mass is 19.4. The first-order valence-electron chi connectivity index (χ1n) is 12.2. The first kappa shape index (κ1) is 28.3. The number of ether oxygens (including phenoxy) is 1. The van der Waals surface area contributed by atoms with Gasteiger partial charge < -0.3 is 15.4 Å². The summed E-state index contributed by atoms with van der Waals surface area (Å²) >= 11 is 0. The molecule has 1 atom stereocenters. The number of carbonyl (C=O) groups is 1. The molecule has 1 fully saturated rings. The molecular weight excluding hydrogens is 529 g/mol. The summed E-state index contributed by atoms with van der Waals surface area (Å²) in [5, 5.41) is 5.51. The highest BCUT2D eigenvalue weighted by Gasteiger charge is 2.41. The zero-order valence-corrected chi connectivity index (χ0v) is 20.5. The number of hydrogen-bond donors (Lipinski definition) is 2. The van der Waals surface area contributed by atoms with Gasteiger partial charge in [-0.25, -0.2) is 9.18 Å². The molecule has 1 saturated carbocycles. The van der Waals surface area contributed by atoms with Crippen molar-refractivity contribution in [3.63, 3.8) is 0 Å². The standard InChI is InChI=1S/C28H25F7N2O2/c29-22-14-20(13-21(15-22)27(30,31)32)26(17-18-7-2-1-3-8-18,37-25(38)36-23-10-4-5-11-23)19-9-6-12-24(16-19)39-28(33,34)35/h1-3,6-9,12-16,23H,4-5,10-11,17H2,(H2,36,37,38)/t26-/m1/s1. The van der Waals surface area contributed by atoms with Gasteiger partial charge in [0.1, 0.15) is 11.6 Å². The summed E-state index contributed by atoms with van der Waals surface area (Å²) in [4.78, 5) is 13.3. The maximum absolute atomic E-state index is 14.7. The van der Waals surface area contributed by atoms with Crippen LogP contribution in [-0.4, -0.2) is 18.4 Å². The summed E-state index contributed by atoms with van der Waals surface area (Å²) in [6.45, 7) is 0. The Morgan fingerprint density at radius 3 is 2.13 bits per heavy atom. The van der Waals surface area contributed by atoms with E-state index in [9.17, 15) is 35.5 Å². The summed E-state index contributed by atoms with van der Waals surface area (Å²) in [5.74, 6) is -1.87. The maximum atomic E-state index is 14.7. The van der Waals surface area contributed by atoms with Gasteiger partial charge in [0, 0.05) is 12.5 Å². The largest absolute Gasteiger partial charge is 0.573 e. The van der Waals surface area contributed by atoms with Crippen LogP contribution in [0.4, 0.5) is 35.5 Å². The Kier molecular flexibility index (Phi) is 8.08. The van der Waals surface area contributed by atoms with Crippen molar-refractivity contribution in [2.75, 3.05) is 0 Å². The number of benzene rings is 3. The van der Waals surface area contributed by atoms with Gasteiger partial charge in [0.15, 0.2) is 0 Å². The van der Waals surface area contributed by atoms with E-state index in [4.69, 9.17) is 0 Å². The number of amides is 2. The maximum Gasteiger partial charge on any atom is 0.573 e. The van der Waals surface area contributed by atoms with Gasteiger partial charge in [0.2, 0.25) is 0 Å². The number of carbonyl (C=O) groups excluding carboxylic acids is 1. The van der Waals surface area contributed by atoms with Crippen LogP contribution < -0.4 is 15.4 Å². The minimum atomic E-state index is -5.05. The van der Waals surface area contributed by atoms with E-state index in [2.05, 4.69) is 15.4 Å². The lowest BCUT2D eigenvalue weighted by molar-refractivity contribution is -0.274. The molecule has 39 heavy (non-hydrogen) atoms. The molecule has 4 nitrogen and oxygen atoms in total. The molecule has 208 valence electrons. The van der Waals surface area contributed by atoms with Crippen molar-refractivity contribution in [2.24, 2.45) is 0 Å². The Morgan fingerprint density at radius 2 is 1.49 bits per heavy atom. The zero-order chi connectivity index (χ0) is 28.3. The Morgan fingerprint density at radius 1 is 0.821 bits per heavy atom. The van der Waals surface area contributed by atoms with Crippen molar-refractivity contribution in [1.82, 2.24) is 10.6 Å². The molecule has 2 N–H and O–H groups in total. The first-order chi connectivity index (χ1) is 18.3. The molecule has 3 aromatic carbocycles. The second-order valence-electron chi connectivity index (χ2n) is 9.45. The van der Waals surface area contributed by atoms with Crippen LogP contribution in [0.25, 0.3) is 0 Å². The average molecular weight is 555 g/mol. The molecule has 0 spiro atoms. The van der Waals surface area contributed by atoms with Crippen molar-refractivity contribution in [1.29, 1.82) is 0 Å². The lowest BCUT2D eigenvalue weighted by Gasteiger charge is -2.37. The molecule has 0 bridgehead atoms. The van der Waals surface area contributed by atoms with Crippen molar-refractivity contribution in [2.45, 2.75) is 56.2 Å². The summed E-state index contributed by atoms with van der Waals surface area (Å²) in [6.07, 6.45) is -7.01. The second-order valence-corrected chi connectivity index (χ2v) is 9.45. The zero-order valence-electron chi connectivity index (χ0n) is 20.5. The first-order valence-corrected chi connectivity index (χ1v) is 12.2. The van der Waals surface area contributed by atoms with E-state index in [-0.39, 0.29) is 23.6 Å². The minimum Gasteiger partial charge on any atom is -0.406 e. The molecule has 0 aromatic heterocycles. The van der Waals surface area contributed by atoms with Crippen LogP contribution in [0.15, 0.2) is 72.8 Å². The third-order valence-electron chi connectivity index (χ3n) is 6.61. The van der Waals surface area contributed by atoms with Crippen molar-refractivity contribution in [3.05, 3.63) is 101 Å². The van der Waals surface area contributed by atoms with Crippen LogP contribution in [0.3, 0.4) is 0 Å². The molecule has 1 aliphatic rings. The van der Waals surface area contributed by atoms with Gasteiger partial charge in [0.25, 0.3) is 0 Å². The number of halogens is 7. The van der Waals surface area contributed by atoms with E-state index in [1.54, 1.807) is 30.3 Å². The third kappa shape index (κ3) is 7.21. The fourth-order valence-electron chi connectivity index (χ4n) is 4.91. The molecule has 0 unspecified atom stereocenters. The van der Waals surface area contributed by atoms with Gasteiger partial charge in [-0.05, 0) is 59.9 Å². The molecule has 4 rings (SSSR count). The number of nitrogens with one attached hydrogen (secondary N) is 2. The number of urea groups is 1. The molecule has 1 aliphatic carbocycles. The minimum absolute atomic E-state index is 0.0339. The quantitative estimate of drug-likeness (QED) is 0.298. The van der Waals surface area contributed by atoms with E-state index in [0.717, 1.165) is 31.0 Å². The van der Waals surface area contributed by atoms with Crippen molar-refractivity contribution < 1.29 is 40.3 Å². The summed E-state index contributed by atoms with van der Waals surface area (Å²) in [5.41, 5.74) is -3.04. The fourth-order valence-corrected chi connectivity index (χ4v) is 4.91. The van der Waals surface area contributed by atoms with Crippen LogP contribution in [0.2, 0.25) is 0 Å². The van der Waals surface area contributed by atoms with Crippen LogP contribution in [0, 0.1) is 5.82 Å². The lowest BCUT2D eigenvalue weighted by Crippen LogP contribution is -2.53. The van der Waals surface area contributed by atoms with E-state index in [0.29, 0.717) is 30.5 Å². The topological polar surface area (TPSA) is 50.4 Å². The molecule has 0 radical (unpaired) electrons. The predicted molar refractivity (Wildman–Crippen MR) is 129 cm³/mol. The number of alkyl halides is 6. The van der Waals surface area contributed by atoms with Gasteiger partial charge >= 0.3 is 18.6 Å².